The third-order valence-corrected chi connectivity index (χ3v) is 3.59. The maximum atomic E-state index is 12.4. The molecule has 0 radical (unpaired) electrons. The molecule has 5 nitrogen and oxygen atoms in total. The SMILES string of the molecule is Cc1cccc(NC(=O)C(C)(C)N2CCNCC2)n1. The number of hydrogen-bond donors (Lipinski definition) is 2. The lowest BCUT2D eigenvalue weighted by Gasteiger charge is -2.39. The van der Waals surface area contributed by atoms with Gasteiger partial charge in [-0.3, -0.25) is 9.69 Å². The molecule has 1 saturated heterocycles. The molecule has 0 bridgehead atoms. The topological polar surface area (TPSA) is 57.3 Å². The lowest BCUT2D eigenvalue weighted by molar-refractivity contribution is -0.126. The van der Waals surface area contributed by atoms with Gasteiger partial charge in [-0.05, 0) is 32.9 Å². The van der Waals surface area contributed by atoms with Gasteiger partial charge in [-0.2, -0.15) is 0 Å². The zero-order chi connectivity index (χ0) is 13.9. The van der Waals surface area contributed by atoms with Crippen LogP contribution in [0.3, 0.4) is 0 Å². The maximum absolute atomic E-state index is 12.4. The van der Waals surface area contributed by atoms with Gasteiger partial charge in [0.25, 0.3) is 0 Å². The Labute approximate surface area is 114 Å². The quantitative estimate of drug-likeness (QED) is 0.853. The van der Waals surface area contributed by atoms with Crippen LogP contribution in [0.5, 0.6) is 0 Å². The molecule has 1 aliphatic rings. The van der Waals surface area contributed by atoms with Gasteiger partial charge < -0.3 is 10.6 Å². The van der Waals surface area contributed by atoms with Gasteiger partial charge in [-0.1, -0.05) is 6.07 Å². The normalized spacial score (nSPS) is 17.2. The highest BCUT2D eigenvalue weighted by Gasteiger charge is 2.35. The summed E-state index contributed by atoms with van der Waals surface area (Å²) in [4.78, 5) is 18.9. The number of nitrogens with one attached hydrogen (secondary N) is 2. The molecular formula is C14H22N4O. The molecule has 0 saturated carbocycles. The zero-order valence-corrected chi connectivity index (χ0v) is 11.9. The summed E-state index contributed by atoms with van der Waals surface area (Å²) in [5.41, 5.74) is 0.380. The van der Waals surface area contributed by atoms with E-state index >= 15 is 0 Å². The number of aromatic nitrogens is 1. The predicted octanol–water partition coefficient (Wildman–Crippen LogP) is 1.01. The van der Waals surface area contributed by atoms with Gasteiger partial charge in [-0.15, -0.1) is 0 Å². The van der Waals surface area contributed by atoms with E-state index in [0.29, 0.717) is 5.82 Å². The van der Waals surface area contributed by atoms with Crippen LogP contribution in [0.1, 0.15) is 19.5 Å². The Balaban J connectivity index is 2.05. The van der Waals surface area contributed by atoms with Gasteiger partial charge in [0.1, 0.15) is 5.82 Å². The minimum absolute atomic E-state index is 0.00694. The second-order valence-corrected chi connectivity index (χ2v) is 5.41. The summed E-state index contributed by atoms with van der Waals surface area (Å²) in [6.07, 6.45) is 0. The molecule has 1 amide bonds. The van der Waals surface area contributed by atoms with Crippen molar-refractivity contribution < 1.29 is 4.79 Å². The number of carbonyl (C=O) groups is 1. The molecule has 0 spiro atoms. The summed E-state index contributed by atoms with van der Waals surface area (Å²) in [5.74, 6) is 0.612. The summed E-state index contributed by atoms with van der Waals surface area (Å²) in [5, 5.41) is 6.21. The van der Waals surface area contributed by atoms with E-state index in [-0.39, 0.29) is 5.91 Å². The van der Waals surface area contributed by atoms with Crippen LogP contribution in [-0.4, -0.2) is 47.5 Å². The Bertz CT molecular complexity index is 453. The molecule has 0 aromatic carbocycles. The fourth-order valence-electron chi connectivity index (χ4n) is 2.25. The van der Waals surface area contributed by atoms with E-state index in [4.69, 9.17) is 0 Å². The van der Waals surface area contributed by atoms with Gasteiger partial charge in [0.15, 0.2) is 0 Å². The van der Waals surface area contributed by atoms with Crippen molar-refractivity contribution in [3.63, 3.8) is 0 Å². The molecule has 19 heavy (non-hydrogen) atoms. The molecule has 2 N–H and O–H groups in total. The van der Waals surface area contributed by atoms with E-state index in [2.05, 4.69) is 20.5 Å². The highest BCUT2D eigenvalue weighted by molar-refractivity contribution is 5.96. The second kappa shape index (κ2) is 5.67. The zero-order valence-electron chi connectivity index (χ0n) is 11.9. The Hall–Kier alpha value is -1.46. The van der Waals surface area contributed by atoms with Crippen molar-refractivity contribution in [2.24, 2.45) is 0 Å². The van der Waals surface area contributed by atoms with Crippen LogP contribution >= 0.6 is 0 Å². The van der Waals surface area contributed by atoms with E-state index < -0.39 is 5.54 Å². The minimum Gasteiger partial charge on any atom is -0.314 e. The average Bonchev–Trinajstić information content (AvgIpc) is 2.39. The number of carbonyl (C=O) groups excluding carboxylic acids is 1. The molecule has 0 atom stereocenters. The summed E-state index contributed by atoms with van der Waals surface area (Å²) in [6, 6.07) is 5.63. The fraction of sp³-hybridized carbons (Fsp3) is 0.571. The molecule has 2 rings (SSSR count). The van der Waals surface area contributed by atoms with Gasteiger partial charge in [0.05, 0.1) is 5.54 Å². The first kappa shape index (κ1) is 14.0. The minimum atomic E-state index is -0.520. The predicted molar refractivity (Wildman–Crippen MR) is 76.1 cm³/mol. The van der Waals surface area contributed by atoms with Crippen LogP contribution in [0, 0.1) is 6.92 Å². The van der Waals surface area contributed by atoms with Gasteiger partial charge in [0.2, 0.25) is 5.91 Å². The van der Waals surface area contributed by atoms with Crippen LogP contribution in [0.4, 0.5) is 5.82 Å². The van der Waals surface area contributed by atoms with Gasteiger partial charge in [-0.25, -0.2) is 4.98 Å². The lowest BCUT2D eigenvalue weighted by Crippen LogP contribution is -2.58. The van der Waals surface area contributed by atoms with E-state index in [1.54, 1.807) is 0 Å². The van der Waals surface area contributed by atoms with Gasteiger partial charge in [0, 0.05) is 31.9 Å². The van der Waals surface area contributed by atoms with Crippen molar-refractivity contribution in [3.05, 3.63) is 23.9 Å². The average molecular weight is 262 g/mol. The number of anilines is 1. The standard InChI is InChI=1S/C14H22N4O/c1-11-5-4-6-12(16-11)17-13(19)14(2,3)18-9-7-15-8-10-18/h4-6,15H,7-10H2,1-3H3,(H,16,17,19). The van der Waals surface area contributed by atoms with Crippen molar-refractivity contribution in [1.29, 1.82) is 0 Å². The van der Waals surface area contributed by atoms with Crippen LogP contribution in [-0.2, 0) is 4.79 Å². The van der Waals surface area contributed by atoms with Crippen LogP contribution in [0.15, 0.2) is 18.2 Å². The maximum Gasteiger partial charge on any atom is 0.245 e. The Morgan fingerprint density at radius 1 is 1.37 bits per heavy atom. The van der Waals surface area contributed by atoms with E-state index in [1.165, 1.54) is 0 Å². The molecule has 1 aliphatic heterocycles. The Morgan fingerprint density at radius 3 is 2.68 bits per heavy atom. The third-order valence-electron chi connectivity index (χ3n) is 3.59. The number of pyridine rings is 1. The van der Waals surface area contributed by atoms with Crippen LogP contribution in [0.25, 0.3) is 0 Å². The molecule has 1 aromatic rings. The fourth-order valence-corrected chi connectivity index (χ4v) is 2.25. The summed E-state index contributed by atoms with van der Waals surface area (Å²) in [7, 11) is 0. The Morgan fingerprint density at radius 2 is 2.05 bits per heavy atom. The van der Waals surface area contributed by atoms with Crippen LogP contribution in [0.2, 0.25) is 0 Å². The van der Waals surface area contributed by atoms with Gasteiger partial charge >= 0.3 is 0 Å². The highest BCUT2D eigenvalue weighted by atomic mass is 16.2. The van der Waals surface area contributed by atoms with E-state index in [9.17, 15) is 4.79 Å². The van der Waals surface area contributed by atoms with Crippen molar-refractivity contribution >= 4 is 11.7 Å². The van der Waals surface area contributed by atoms with Crippen LogP contribution < -0.4 is 10.6 Å². The number of hydrogen-bond acceptors (Lipinski definition) is 4. The third kappa shape index (κ3) is 3.30. The molecule has 5 heteroatoms. The summed E-state index contributed by atoms with van der Waals surface area (Å²) >= 11 is 0. The first-order chi connectivity index (χ1) is 9.00. The summed E-state index contributed by atoms with van der Waals surface area (Å²) < 4.78 is 0. The monoisotopic (exact) mass is 262 g/mol. The number of aryl methyl sites for hydroxylation is 1. The van der Waals surface area contributed by atoms with Crippen molar-refractivity contribution in [2.75, 3.05) is 31.5 Å². The molecule has 104 valence electrons. The van der Waals surface area contributed by atoms with Crippen molar-refractivity contribution in [1.82, 2.24) is 15.2 Å². The molecule has 1 aromatic heterocycles. The highest BCUT2D eigenvalue weighted by Crippen LogP contribution is 2.17. The van der Waals surface area contributed by atoms with E-state index in [0.717, 1.165) is 31.9 Å². The number of piperazine rings is 1. The second-order valence-electron chi connectivity index (χ2n) is 5.41. The molecular weight excluding hydrogens is 240 g/mol. The smallest absolute Gasteiger partial charge is 0.245 e. The van der Waals surface area contributed by atoms with E-state index in [1.807, 2.05) is 39.0 Å². The van der Waals surface area contributed by atoms with Crippen molar-refractivity contribution in [2.45, 2.75) is 26.3 Å². The molecule has 1 fully saturated rings. The molecule has 0 unspecified atom stereocenters. The number of amides is 1. The lowest BCUT2D eigenvalue weighted by atomic mass is 10.0. The van der Waals surface area contributed by atoms with Crippen molar-refractivity contribution in [3.8, 4) is 0 Å². The first-order valence-corrected chi connectivity index (χ1v) is 6.71. The Kier molecular flexibility index (Phi) is 4.17. The number of rotatable bonds is 3. The largest absolute Gasteiger partial charge is 0.314 e. The first-order valence-electron chi connectivity index (χ1n) is 6.71. The molecule has 0 aliphatic carbocycles. The summed E-state index contributed by atoms with van der Waals surface area (Å²) in [6.45, 7) is 9.48. The number of nitrogens with zero attached hydrogens (tertiary/aromatic N) is 2. The molecule has 2 heterocycles.